The normalized spacial score (nSPS) is 11.8. The molecule has 2 N–H and O–H groups in total. The summed E-state index contributed by atoms with van der Waals surface area (Å²) in [5.41, 5.74) is 8.28. The summed E-state index contributed by atoms with van der Waals surface area (Å²) in [7, 11) is 0. The zero-order chi connectivity index (χ0) is 9.68. The fourth-order valence-corrected chi connectivity index (χ4v) is 1.24. The van der Waals surface area contributed by atoms with Gasteiger partial charge in [0.25, 0.3) is 0 Å². The van der Waals surface area contributed by atoms with Crippen LogP contribution in [-0.4, -0.2) is 6.54 Å². The fraction of sp³-hybridized carbons (Fsp3) is 0.273. The van der Waals surface area contributed by atoms with Gasteiger partial charge in [-0.2, -0.15) is 0 Å². The maximum Gasteiger partial charge on any atom is 0.0875 e. The van der Waals surface area contributed by atoms with E-state index >= 15 is 0 Å². The number of nitrogens with two attached hydrogens (primary N) is 1. The molecule has 0 saturated carbocycles. The number of halogens is 1. The maximum absolute atomic E-state index is 12.2. The van der Waals surface area contributed by atoms with Gasteiger partial charge in [0, 0.05) is 6.54 Å². The number of hydrogen-bond acceptors (Lipinski definition) is 1. The van der Waals surface area contributed by atoms with Crippen molar-refractivity contribution in [1.29, 1.82) is 0 Å². The monoisotopic (exact) mass is 179 g/mol. The summed E-state index contributed by atoms with van der Waals surface area (Å²) in [5.74, 6) is 0. The van der Waals surface area contributed by atoms with E-state index in [9.17, 15) is 4.39 Å². The second kappa shape index (κ2) is 4.77. The first-order chi connectivity index (χ1) is 6.26. The Bertz CT molecular complexity index is 305. The molecule has 1 rings (SSSR count). The van der Waals surface area contributed by atoms with Gasteiger partial charge in [0.1, 0.15) is 0 Å². The second-order valence-corrected chi connectivity index (χ2v) is 3.14. The van der Waals surface area contributed by atoms with Crippen molar-refractivity contribution in [3.63, 3.8) is 0 Å². The lowest BCUT2D eigenvalue weighted by Gasteiger charge is -2.03. The molecule has 0 bridgehead atoms. The molecule has 0 saturated heterocycles. The second-order valence-electron chi connectivity index (χ2n) is 3.14. The van der Waals surface area contributed by atoms with Crippen LogP contribution in [0.25, 0.3) is 0 Å². The molecule has 0 spiro atoms. The molecule has 1 nitrogen and oxygen atoms in total. The van der Waals surface area contributed by atoms with Crippen LogP contribution in [0.1, 0.15) is 11.1 Å². The van der Waals surface area contributed by atoms with E-state index in [2.05, 4.69) is 0 Å². The zero-order valence-electron chi connectivity index (χ0n) is 7.76. The van der Waals surface area contributed by atoms with E-state index in [0.717, 1.165) is 5.56 Å². The number of benzene rings is 1. The molecule has 0 atom stereocenters. The van der Waals surface area contributed by atoms with Gasteiger partial charge in [-0.05, 0) is 24.5 Å². The number of rotatable bonds is 3. The molecular formula is C11H14FN. The molecule has 0 aliphatic carbocycles. The van der Waals surface area contributed by atoms with Crippen molar-refractivity contribution >= 4 is 0 Å². The fourth-order valence-electron chi connectivity index (χ4n) is 1.24. The first-order valence-corrected chi connectivity index (χ1v) is 4.30. The Labute approximate surface area is 78.1 Å². The van der Waals surface area contributed by atoms with Gasteiger partial charge >= 0.3 is 0 Å². The highest BCUT2D eigenvalue weighted by Crippen LogP contribution is 2.09. The minimum atomic E-state index is 0.282. The van der Waals surface area contributed by atoms with Gasteiger partial charge < -0.3 is 5.73 Å². The Morgan fingerprint density at radius 2 is 2.31 bits per heavy atom. The SMILES string of the molecule is Cc1cccc(C/C(=C\F)CN)c1. The summed E-state index contributed by atoms with van der Waals surface area (Å²) in [6, 6.07) is 8.01. The molecule has 0 unspecified atom stereocenters. The van der Waals surface area contributed by atoms with Crippen molar-refractivity contribution in [2.24, 2.45) is 5.73 Å². The van der Waals surface area contributed by atoms with Crippen LogP contribution in [0, 0.1) is 6.92 Å². The summed E-state index contributed by atoms with van der Waals surface area (Å²) < 4.78 is 12.2. The van der Waals surface area contributed by atoms with Crippen LogP contribution in [0.4, 0.5) is 4.39 Å². The molecular weight excluding hydrogens is 165 g/mol. The van der Waals surface area contributed by atoms with Crippen LogP contribution in [0.5, 0.6) is 0 Å². The molecule has 2 heteroatoms. The molecule has 0 aromatic heterocycles. The Balaban J connectivity index is 2.74. The van der Waals surface area contributed by atoms with Gasteiger partial charge in [0.15, 0.2) is 0 Å². The predicted octanol–water partition coefficient (Wildman–Crippen LogP) is 2.35. The molecule has 0 amide bonds. The van der Waals surface area contributed by atoms with Crippen molar-refractivity contribution in [2.75, 3.05) is 6.54 Å². The van der Waals surface area contributed by atoms with Gasteiger partial charge in [0.2, 0.25) is 0 Å². The van der Waals surface area contributed by atoms with Crippen LogP contribution in [0.3, 0.4) is 0 Å². The van der Waals surface area contributed by atoms with E-state index in [1.54, 1.807) is 0 Å². The standard InChI is InChI=1S/C11H14FN/c1-9-3-2-4-10(5-9)6-11(7-12)8-13/h2-5,7H,6,8,13H2,1H3/b11-7+. The minimum absolute atomic E-state index is 0.282. The average Bonchev–Trinajstić information content (AvgIpc) is 2.14. The van der Waals surface area contributed by atoms with E-state index in [-0.39, 0.29) is 6.54 Å². The third kappa shape index (κ3) is 2.99. The number of hydrogen-bond donors (Lipinski definition) is 1. The third-order valence-corrected chi connectivity index (χ3v) is 1.93. The summed E-state index contributed by atoms with van der Waals surface area (Å²) in [5, 5.41) is 0. The van der Waals surface area contributed by atoms with Crippen molar-refractivity contribution < 1.29 is 4.39 Å². The summed E-state index contributed by atoms with van der Waals surface area (Å²) in [4.78, 5) is 0. The topological polar surface area (TPSA) is 26.0 Å². The zero-order valence-corrected chi connectivity index (χ0v) is 7.76. The van der Waals surface area contributed by atoms with Gasteiger partial charge in [-0.15, -0.1) is 0 Å². The average molecular weight is 179 g/mol. The van der Waals surface area contributed by atoms with Crippen LogP contribution in [0.15, 0.2) is 36.2 Å². The predicted molar refractivity (Wildman–Crippen MR) is 53.1 cm³/mol. The van der Waals surface area contributed by atoms with Gasteiger partial charge in [-0.1, -0.05) is 29.8 Å². The van der Waals surface area contributed by atoms with Crippen LogP contribution < -0.4 is 5.73 Å². The van der Waals surface area contributed by atoms with Crippen LogP contribution in [0.2, 0.25) is 0 Å². The minimum Gasteiger partial charge on any atom is -0.327 e. The van der Waals surface area contributed by atoms with Crippen molar-refractivity contribution in [3.05, 3.63) is 47.3 Å². The van der Waals surface area contributed by atoms with Crippen molar-refractivity contribution in [2.45, 2.75) is 13.3 Å². The van der Waals surface area contributed by atoms with Crippen LogP contribution >= 0.6 is 0 Å². The van der Waals surface area contributed by atoms with E-state index in [1.807, 2.05) is 31.2 Å². The van der Waals surface area contributed by atoms with Gasteiger partial charge in [-0.3, -0.25) is 0 Å². The molecule has 0 aliphatic rings. The van der Waals surface area contributed by atoms with E-state index in [1.165, 1.54) is 5.56 Å². The maximum atomic E-state index is 12.2. The molecule has 1 aromatic carbocycles. The third-order valence-electron chi connectivity index (χ3n) is 1.93. The van der Waals surface area contributed by atoms with Crippen LogP contribution in [-0.2, 0) is 6.42 Å². The summed E-state index contributed by atoms with van der Waals surface area (Å²) in [6.45, 7) is 2.30. The lowest BCUT2D eigenvalue weighted by Crippen LogP contribution is -2.05. The first-order valence-electron chi connectivity index (χ1n) is 4.30. The van der Waals surface area contributed by atoms with Gasteiger partial charge in [0.05, 0.1) is 6.33 Å². The quantitative estimate of drug-likeness (QED) is 0.757. The van der Waals surface area contributed by atoms with E-state index in [0.29, 0.717) is 18.3 Å². The molecule has 0 aliphatic heterocycles. The Morgan fingerprint density at radius 3 is 2.85 bits per heavy atom. The van der Waals surface area contributed by atoms with Crippen molar-refractivity contribution in [1.82, 2.24) is 0 Å². The van der Waals surface area contributed by atoms with Gasteiger partial charge in [-0.25, -0.2) is 4.39 Å². The molecule has 13 heavy (non-hydrogen) atoms. The molecule has 0 heterocycles. The lowest BCUT2D eigenvalue weighted by molar-refractivity contribution is 0.699. The smallest absolute Gasteiger partial charge is 0.0875 e. The Hall–Kier alpha value is -1.15. The van der Waals surface area contributed by atoms with E-state index in [4.69, 9.17) is 5.73 Å². The Kier molecular flexibility index (Phi) is 3.65. The molecule has 1 aromatic rings. The molecule has 0 radical (unpaired) electrons. The highest BCUT2D eigenvalue weighted by Gasteiger charge is 1.97. The largest absolute Gasteiger partial charge is 0.327 e. The first kappa shape index (κ1) is 9.93. The summed E-state index contributed by atoms with van der Waals surface area (Å²) >= 11 is 0. The molecule has 70 valence electrons. The van der Waals surface area contributed by atoms with Crippen molar-refractivity contribution in [3.8, 4) is 0 Å². The highest BCUT2D eigenvalue weighted by molar-refractivity contribution is 5.26. The lowest BCUT2D eigenvalue weighted by atomic mass is 10.0. The highest BCUT2D eigenvalue weighted by atomic mass is 19.1. The number of aryl methyl sites for hydroxylation is 1. The summed E-state index contributed by atoms with van der Waals surface area (Å²) in [6.07, 6.45) is 1.21. The Morgan fingerprint density at radius 1 is 1.54 bits per heavy atom. The van der Waals surface area contributed by atoms with E-state index < -0.39 is 0 Å². The molecule has 0 fully saturated rings.